The third-order valence-corrected chi connectivity index (χ3v) is 4.57. The Bertz CT molecular complexity index is 1030. The van der Waals surface area contributed by atoms with Crippen LogP contribution in [0, 0.1) is 20.2 Å². The number of hydrogen-bond acceptors (Lipinski definition) is 9. The molecule has 1 aliphatic heterocycles. The van der Waals surface area contributed by atoms with Gasteiger partial charge in [0.1, 0.15) is 4.92 Å². The smallest absolute Gasteiger partial charge is 0.400 e. The summed E-state index contributed by atoms with van der Waals surface area (Å²) < 4.78 is 5.03. The first-order chi connectivity index (χ1) is 12.9. The van der Waals surface area contributed by atoms with Gasteiger partial charge in [-0.15, -0.1) is 0 Å². The molecule has 3 rings (SSSR count). The maximum absolute atomic E-state index is 12.5. The summed E-state index contributed by atoms with van der Waals surface area (Å²) >= 11 is 6.03. The zero-order valence-electron chi connectivity index (χ0n) is 13.2. The predicted molar refractivity (Wildman–Crippen MR) is 101 cm³/mol. The van der Waals surface area contributed by atoms with Gasteiger partial charge in [0.15, 0.2) is 10.1 Å². The average Bonchev–Trinajstić information content (AvgIpc) is 3.19. The van der Waals surface area contributed by atoms with E-state index >= 15 is 0 Å². The van der Waals surface area contributed by atoms with Crippen LogP contribution in [-0.2, 0) is 4.79 Å². The number of hydrogen-bond donors (Lipinski definition) is 0. The normalized spacial score (nSPS) is 15.9. The Balaban J connectivity index is 1.84. The van der Waals surface area contributed by atoms with Crippen LogP contribution in [0.1, 0.15) is 11.3 Å². The van der Waals surface area contributed by atoms with E-state index in [9.17, 15) is 25.0 Å². The van der Waals surface area contributed by atoms with Crippen molar-refractivity contribution in [2.45, 2.75) is 0 Å². The van der Waals surface area contributed by atoms with Crippen LogP contribution in [0.4, 0.5) is 11.6 Å². The highest BCUT2D eigenvalue weighted by molar-refractivity contribution is 8.26. The molecule has 0 N–H and O–H groups in total. The van der Waals surface area contributed by atoms with E-state index in [4.69, 9.17) is 16.6 Å². The summed E-state index contributed by atoms with van der Waals surface area (Å²) in [6.45, 7) is 0. The first-order valence-corrected chi connectivity index (χ1v) is 8.39. The number of nitrogens with zero attached hydrogens (tertiary/aromatic N) is 4. The maximum Gasteiger partial charge on any atom is 0.433 e. The standard InChI is InChI=1S/C15H8N4O6S2/c20-14-12(7-9-3-1-2-4-11(9)18(21)22)27-15(26)17(14)16-8-10-5-6-13(25-10)19(23)24/h1-8H/b12-7+,16-8+. The minimum Gasteiger partial charge on any atom is -0.400 e. The molecule has 2 heterocycles. The highest BCUT2D eigenvalue weighted by Crippen LogP contribution is 2.34. The van der Waals surface area contributed by atoms with E-state index in [0.29, 0.717) is 0 Å². The molecular formula is C15H8N4O6S2. The SMILES string of the molecule is O=C1/C(=C\c2ccccc2[N+](=O)[O-])SC(=S)N1/N=C/c1ccc([N+](=O)[O-])o1. The van der Waals surface area contributed by atoms with Gasteiger partial charge in [0.2, 0.25) is 0 Å². The molecule has 0 aliphatic carbocycles. The van der Waals surface area contributed by atoms with Crippen LogP contribution in [0.2, 0.25) is 0 Å². The zero-order chi connectivity index (χ0) is 19.6. The number of nitro benzene ring substituents is 1. The molecule has 0 bridgehead atoms. The molecule has 0 saturated carbocycles. The largest absolute Gasteiger partial charge is 0.433 e. The Morgan fingerprint density at radius 2 is 1.89 bits per heavy atom. The summed E-state index contributed by atoms with van der Waals surface area (Å²) in [5.41, 5.74) is 0.114. The molecule has 1 aliphatic rings. The number of rotatable bonds is 5. The molecule has 1 fully saturated rings. The lowest BCUT2D eigenvalue weighted by Crippen LogP contribution is -2.22. The van der Waals surface area contributed by atoms with Gasteiger partial charge in [-0.2, -0.15) is 10.1 Å². The van der Waals surface area contributed by atoms with E-state index in [-0.39, 0.29) is 26.2 Å². The highest BCUT2D eigenvalue weighted by Gasteiger charge is 2.32. The van der Waals surface area contributed by atoms with Crippen molar-refractivity contribution >= 4 is 58.1 Å². The van der Waals surface area contributed by atoms with E-state index in [0.717, 1.165) is 29.1 Å². The van der Waals surface area contributed by atoms with Gasteiger partial charge in [-0.3, -0.25) is 25.0 Å². The van der Waals surface area contributed by atoms with Gasteiger partial charge >= 0.3 is 5.88 Å². The van der Waals surface area contributed by atoms with Gasteiger partial charge in [-0.05, 0) is 30.4 Å². The lowest BCUT2D eigenvalue weighted by atomic mass is 10.1. The van der Waals surface area contributed by atoms with E-state index in [1.807, 2.05) is 0 Å². The second-order valence-electron chi connectivity index (χ2n) is 4.99. The molecule has 27 heavy (non-hydrogen) atoms. The van der Waals surface area contributed by atoms with Crippen molar-refractivity contribution in [2.75, 3.05) is 0 Å². The number of para-hydroxylation sites is 1. The first-order valence-electron chi connectivity index (χ1n) is 7.16. The van der Waals surface area contributed by atoms with Crippen molar-refractivity contribution in [1.82, 2.24) is 5.01 Å². The monoisotopic (exact) mass is 404 g/mol. The molecule has 0 atom stereocenters. The van der Waals surface area contributed by atoms with Gasteiger partial charge < -0.3 is 4.42 Å². The number of furan rings is 1. The molecular weight excluding hydrogens is 396 g/mol. The molecule has 12 heteroatoms. The summed E-state index contributed by atoms with van der Waals surface area (Å²) in [5.74, 6) is -0.961. The third-order valence-electron chi connectivity index (χ3n) is 3.29. The quantitative estimate of drug-likeness (QED) is 0.244. The minimum absolute atomic E-state index is 0.0680. The molecule has 136 valence electrons. The molecule has 0 radical (unpaired) electrons. The Morgan fingerprint density at radius 1 is 1.15 bits per heavy atom. The Kier molecular flexibility index (Phi) is 5.09. The van der Waals surface area contributed by atoms with Crippen molar-refractivity contribution in [3.8, 4) is 0 Å². The van der Waals surface area contributed by atoms with E-state index < -0.39 is 21.6 Å². The van der Waals surface area contributed by atoms with Crippen LogP contribution in [0.3, 0.4) is 0 Å². The van der Waals surface area contributed by atoms with Gasteiger partial charge in [-0.1, -0.05) is 23.9 Å². The Hall–Kier alpha value is -3.38. The van der Waals surface area contributed by atoms with Crippen LogP contribution < -0.4 is 0 Å². The van der Waals surface area contributed by atoms with Crippen molar-refractivity contribution in [3.63, 3.8) is 0 Å². The van der Waals surface area contributed by atoms with Crippen LogP contribution in [0.25, 0.3) is 6.08 Å². The van der Waals surface area contributed by atoms with Crippen molar-refractivity contribution < 1.29 is 19.1 Å². The zero-order valence-corrected chi connectivity index (χ0v) is 14.8. The number of benzene rings is 1. The van der Waals surface area contributed by atoms with Crippen LogP contribution >= 0.6 is 24.0 Å². The summed E-state index contributed by atoms with van der Waals surface area (Å²) in [4.78, 5) is 33.1. The van der Waals surface area contributed by atoms with Crippen molar-refractivity contribution in [2.24, 2.45) is 5.10 Å². The van der Waals surface area contributed by atoms with Crippen LogP contribution in [0.15, 0.2) is 50.8 Å². The summed E-state index contributed by atoms with van der Waals surface area (Å²) in [6.07, 6.45) is 2.48. The predicted octanol–water partition coefficient (Wildman–Crippen LogP) is 3.33. The number of thiocarbonyl (C=S) groups is 1. The number of amides is 1. The fourth-order valence-corrected chi connectivity index (χ4v) is 3.26. The first kappa shape index (κ1) is 18.4. The molecule has 1 saturated heterocycles. The summed E-state index contributed by atoms with van der Waals surface area (Å²) in [6, 6.07) is 8.45. The molecule has 0 unspecified atom stereocenters. The van der Waals surface area contributed by atoms with Gasteiger partial charge in [0.25, 0.3) is 11.6 Å². The number of hydrazone groups is 1. The number of carbonyl (C=O) groups is 1. The van der Waals surface area contributed by atoms with Crippen LogP contribution in [-0.4, -0.2) is 31.3 Å². The molecule has 2 aromatic rings. The van der Waals surface area contributed by atoms with Crippen molar-refractivity contribution in [1.29, 1.82) is 0 Å². The Morgan fingerprint density at radius 3 is 2.56 bits per heavy atom. The number of nitro groups is 2. The number of thioether (sulfide) groups is 1. The fraction of sp³-hybridized carbons (Fsp3) is 0. The average molecular weight is 404 g/mol. The minimum atomic E-state index is -0.702. The fourth-order valence-electron chi connectivity index (χ4n) is 2.10. The van der Waals surface area contributed by atoms with Crippen LogP contribution in [0.5, 0.6) is 0 Å². The molecule has 0 spiro atoms. The third kappa shape index (κ3) is 3.91. The highest BCUT2D eigenvalue weighted by atomic mass is 32.2. The molecule has 1 aromatic carbocycles. The van der Waals surface area contributed by atoms with E-state index in [2.05, 4.69) is 5.10 Å². The number of carbonyl (C=O) groups excluding carboxylic acids is 1. The topological polar surface area (TPSA) is 132 Å². The van der Waals surface area contributed by atoms with E-state index in [1.54, 1.807) is 6.07 Å². The maximum atomic E-state index is 12.5. The van der Waals surface area contributed by atoms with Gasteiger partial charge in [0.05, 0.1) is 27.7 Å². The summed E-state index contributed by atoms with van der Waals surface area (Å²) in [7, 11) is 0. The van der Waals surface area contributed by atoms with Crippen molar-refractivity contribution in [3.05, 3.63) is 72.9 Å². The second-order valence-corrected chi connectivity index (χ2v) is 6.66. The molecule has 10 nitrogen and oxygen atoms in total. The van der Waals surface area contributed by atoms with Gasteiger partial charge in [0, 0.05) is 6.07 Å². The van der Waals surface area contributed by atoms with E-state index in [1.165, 1.54) is 30.3 Å². The molecule has 1 aromatic heterocycles. The molecule has 1 amide bonds. The lowest BCUT2D eigenvalue weighted by molar-refractivity contribution is -0.402. The lowest BCUT2D eigenvalue weighted by Gasteiger charge is -2.05. The van der Waals surface area contributed by atoms with Gasteiger partial charge in [-0.25, -0.2) is 0 Å². The summed E-state index contributed by atoms with van der Waals surface area (Å²) in [5, 5.41) is 26.5. The Labute approximate surface area is 160 Å². The second kappa shape index (κ2) is 7.47.